The Hall–Kier alpha value is -4.49. The van der Waals surface area contributed by atoms with E-state index in [0.29, 0.717) is 25.2 Å². The minimum absolute atomic E-state index is 0.161. The molecule has 3 N–H and O–H groups in total. The first-order valence-corrected chi connectivity index (χ1v) is 13.7. The molecule has 6 rings (SSSR count). The number of nitrogens with two attached hydrogens (primary N) is 1. The number of fused-ring (bicyclic) bond motifs is 1. The highest BCUT2D eigenvalue weighted by atomic mass is 16.2. The summed E-state index contributed by atoms with van der Waals surface area (Å²) in [6.45, 7) is 2.33. The quantitative estimate of drug-likeness (QED) is 0.332. The number of carbonyl (C=O) groups is 2. The van der Waals surface area contributed by atoms with Crippen molar-refractivity contribution in [2.45, 2.75) is 50.6 Å². The summed E-state index contributed by atoms with van der Waals surface area (Å²) >= 11 is 0. The Morgan fingerprint density at radius 2 is 1.85 bits per heavy atom. The second-order valence-electron chi connectivity index (χ2n) is 11.0. The number of hydrogen-bond donors (Lipinski definition) is 2. The number of anilines is 1. The molecule has 1 saturated carbocycles. The molecule has 2 aliphatic rings. The first kappa shape index (κ1) is 25.8. The molecule has 2 aromatic carbocycles. The lowest BCUT2D eigenvalue weighted by Gasteiger charge is -2.40. The van der Waals surface area contributed by atoms with Gasteiger partial charge in [-0.05, 0) is 61.4 Å². The third kappa shape index (κ3) is 5.20. The van der Waals surface area contributed by atoms with Gasteiger partial charge >= 0.3 is 0 Å². The number of para-hydroxylation sites is 2. The maximum atomic E-state index is 12.4. The van der Waals surface area contributed by atoms with Crippen LogP contribution in [-0.2, 0) is 16.9 Å². The van der Waals surface area contributed by atoms with E-state index in [4.69, 9.17) is 5.73 Å². The minimum Gasteiger partial charge on any atom is -0.365 e. The number of carbonyl (C=O) groups excluding carboxylic acids is 2. The zero-order valence-electron chi connectivity index (χ0n) is 22.3. The molecule has 4 aromatic rings. The van der Waals surface area contributed by atoms with Gasteiger partial charge in [0, 0.05) is 37.9 Å². The van der Waals surface area contributed by atoms with Crippen molar-refractivity contribution in [3.05, 3.63) is 72.2 Å². The molecule has 2 aromatic heterocycles. The maximum absolute atomic E-state index is 12.4. The van der Waals surface area contributed by atoms with Crippen LogP contribution >= 0.6 is 0 Å². The Bertz CT molecular complexity index is 1580. The number of aromatic nitrogens is 4. The van der Waals surface area contributed by atoms with Crippen LogP contribution in [0.25, 0.3) is 16.7 Å². The van der Waals surface area contributed by atoms with Gasteiger partial charge in [-0.2, -0.15) is 10.4 Å². The van der Waals surface area contributed by atoms with Crippen LogP contribution in [0.5, 0.6) is 0 Å². The topological polar surface area (TPSA) is 135 Å². The van der Waals surface area contributed by atoms with Crippen LogP contribution in [0.2, 0.25) is 0 Å². The third-order valence-corrected chi connectivity index (χ3v) is 8.16. The van der Waals surface area contributed by atoms with Gasteiger partial charge in [0.25, 0.3) is 5.91 Å². The molecule has 3 heterocycles. The highest BCUT2D eigenvalue weighted by Crippen LogP contribution is 2.36. The number of primary amides is 1. The van der Waals surface area contributed by atoms with Gasteiger partial charge in [0.15, 0.2) is 5.82 Å². The van der Waals surface area contributed by atoms with Crippen LogP contribution in [-0.4, -0.2) is 49.1 Å². The lowest BCUT2D eigenvalue weighted by atomic mass is 9.84. The van der Waals surface area contributed by atoms with E-state index in [0.717, 1.165) is 49.2 Å². The number of nitrogens with one attached hydrogen (secondary N) is 1. The van der Waals surface area contributed by atoms with Gasteiger partial charge in [-0.3, -0.25) is 23.7 Å². The highest BCUT2D eigenvalue weighted by Gasteiger charge is 2.38. The monoisotopic (exact) mass is 536 g/mol. The fourth-order valence-electron chi connectivity index (χ4n) is 5.60. The summed E-state index contributed by atoms with van der Waals surface area (Å²) in [5.41, 5.74) is 9.53. The molecule has 0 bridgehead atoms. The van der Waals surface area contributed by atoms with E-state index in [9.17, 15) is 14.9 Å². The zero-order chi connectivity index (χ0) is 27.7. The molecule has 10 nitrogen and oxygen atoms in total. The molecule has 204 valence electrons. The summed E-state index contributed by atoms with van der Waals surface area (Å²) in [4.78, 5) is 31.4. The van der Waals surface area contributed by atoms with Crippen LogP contribution < -0.4 is 11.1 Å². The van der Waals surface area contributed by atoms with Crippen LogP contribution in [0, 0.1) is 17.2 Å². The van der Waals surface area contributed by atoms with Crippen molar-refractivity contribution in [2.24, 2.45) is 11.7 Å². The number of imidazole rings is 1. The van der Waals surface area contributed by atoms with Gasteiger partial charge in [-0.15, -0.1) is 0 Å². The van der Waals surface area contributed by atoms with Crippen molar-refractivity contribution < 1.29 is 9.59 Å². The molecular weight excluding hydrogens is 504 g/mol. The normalized spacial score (nSPS) is 17.0. The number of amides is 2. The Balaban J connectivity index is 1.14. The number of piperidine rings is 1. The SMILES string of the molecule is N#CCC1(n2cc(C(N)=O)c(NC(=O)CC3CC3)n2)CCN(Cc2ccc(-n3cnc4ccccc43)cc2)CC1. The van der Waals surface area contributed by atoms with Crippen molar-refractivity contribution in [3.63, 3.8) is 0 Å². The number of benzene rings is 2. The fraction of sp³-hybridized carbons (Fsp3) is 0.367. The first-order chi connectivity index (χ1) is 19.4. The van der Waals surface area contributed by atoms with E-state index in [1.54, 1.807) is 10.9 Å². The van der Waals surface area contributed by atoms with Gasteiger partial charge < -0.3 is 11.1 Å². The summed E-state index contributed by atoms with van der Waals surface area (Å²) in [6, 6.07) is 18.9. The Labute approximate surface area is 232 Å². The number of hydrogen-bond acceptors (Lipinski definition) is 6. The first-order valence-electron chi connectivity index (χ1n) is 13.7. The molecule has 1 aliphatic heterocycles. The van der Waals surface area contributed by atoms with Gasteiger partial charge in [-0.1, -0.05) is 24.3 Å². The summed E-state index contributed by atoms with van der Waals surface area (Å²) in [5.74, 6) is -0.213. The van der Waals surface area contributed by atoms with Crippen LogP contribution in [0.3, 0.4) is 0 Å². The smallest absolute Gasteiger partial charge is 0.254 e. The molecule has 0 spiro atoms. The van der Waals surface area contributed by atoms with Crippen molar-refractivity contribution >= 4 is 28.7 Å². The van der Waals surface area contributed by atoms with Crippen molar-refractivity contribution in [3.8, 4) is 11.8 Å². The standard InChI is InChI=1S/C30H32N8O2/c31-14-11-30(38-19-24(28(32)40)29(35-38)34-27(39)17-21-5-6-21)12-15-36(16-13-30)18-22-7-9-23(10-8-22)37-20-33-25-3-1-2-4-26(25)37/h1-4,7-10,19-21H,5-6,11-13,15-18H2,(H2,32,40)(H,34,35,39). The molecule has 1 saturated heterocycles. The molecule has 2 fully saturated rings. The van der Waals surface area contributed by atoms with Gasteiger partial charge in [0.05, 0.1) is 29.1 Å². The van der Waals surface area contributed by atoms with Gasteiger partial charge in [0.2, 0.25) is 5.91 Å². The largest absolute Gasteiger partial charge is 0.365 e. The zero-order valence-corrected chi connectivity index (χ0v) is 22.3. The molecule has 0 radical (unpaired) electrons. The third-order valence-electron chi connectivity index (χ3n) is 8.16. The molecule has 0 atom stereocenters. The summed E-state index contributed by atoms with van der Waals surface area (Å²) in [7, 11) is 0. The van der Waals surface area contributed by atoms with Crippen LogP contribution in [0.1, 0.15) is 54.4 Å². The molecular formula is C30H32N8O2. The fourth-order valence-corrected chi connectivity index (χ4v) is 5.60. The lowest BCUT2D eigenvalue weighted by Crippen LogP contribution is -2.46. The number of nitriles is 1. The van der Waals surface area contributed by atoms with E-state index in [-0.39, 0.29) is 23.7 Å². The van der Waals surface area contributed by atoms with Gasteiger partial charge in [-0.25, -0.2) is 4.98 Å². The van der Waals surface area contributed by atoms with Crippen LogP contribution in [0.4, 0.5) is 5.82 Å². The Morgan fingerprint density at radius 1 is 1.10 bits per heavy atom. The second-order valence-corrected chi connectivity index (χ2v) is 11.0. The maximum Gasteiger partial charge on any atom is 0.254 e. The van der Waals surface area contributed by atoms with Crippen LogP contribution in [0.15, 0.2) is 61.1 Å². The van der Waals surface area contributed by atoms with E-state index in [2.05, 4.69) is 61.3 Å². The minimum atomic E-state index is -0.648. The Morgan fingerprint density at radius 3 is 2.55 bits per heavy atom. The summed E-state index contributed by atoms with van der Waals surface area (Å²) < 4.78 is 3.79. The average molecular weight is 537 g/mol. The van der Waals surface area contributed by atoms with E-state index in [1.165, 1.54) is 5.56 Å². The second kappa shape index (κ2) is 10.6. The number of nitrogens with zero attached hydrogens (tertiary/aromatic N) is 6. The summed E-state index contributed by atoms with van der Waals surface area (Å²) in [5, 5.41) is 17.0. The van der Waals surface area contributed by atoms with E-state index < -0.39 is 11.4 Å². The number of likely N-dealkylation sites (tertiary alicyclic amines) is 1. The number of rotatable bonds is 9. The molecule has 2 amide bonds. The predicted octanol–water partition coefficient (Wildman–Crippen LogP) is 3.96. The van der Waals surface area contributed by atoms with E-state index >= 15 is 0 Å². The van der Waals surface area contributed by atoms with E-state index in [1.807, 2.05) is 24.5 Å². The van der Waals surface area contributed by atoms with Gasteiger partial charge in [0.1, 0.15) is 11.9 Å². The Kier molecular flexibility index (Phi) is 6.82. The van der Waals surface area contributed by atoms with Crippen molar-refractivity contribution in [2.75, 3.05) is 18.4 Å². The predicted molar refractivity (Wildman–Crippen MR) is 151 cm³/mol. The van der Waals surface area contributed by atoms with Crippen molar-refractivity contribution in [1.29, 1.82) is 5.26 Å². The molecule has 40 heavy (non-hydrogen) atoms. The molecule has 1 aliphatic carbocycles. The average Bonchev–Trinajstić information content (AvgIpc) is 3.49. The van der Waals surface area contributed by atoms with Crippen molar-refractivity contribution in [1.82, 2.24) is 24.2 Å². The summed E-state index contributed by atoms with van der Waals surface area (Å²) in [6.07, 6.45) is 7.61. The molecule has 10 heteroatoms. The molecule has 0 unspecified atom stereocenters. The highest BCUT2D eigenvalue weighted by molar-refractivity contribution is 6.01. The lowest BCUT2D eigenvalue weighted by molar-refractivity contribution is -0.116.